The molecule has 1 heterocycles. The van der Waals surface area contributed by atoms with Crippen LogP contribution in [0.2, 0.25) is 0 Å². The average Bonchev–Trinajstić information content (AvgIpc) is 2.41. The Morgan fingerprint density at radius 3 is 2.63 bits per heavy atom. The number of carbonyl (C=O) groups excluding carboxylic acids is 1. The van der Waals surface area contributed by atoms with E-state index in [1.54, 1.807) is 0 Å². The van der Waals surface area contributed by atoms with Crippen molar-refractivity contribution in [1.82, 2.24) is 0 Å². The van der Waals surface area contributed by atoms with E-state index in [2.05, 4.69) is 4.99 Å². The Kier molecular flexibility index (Phi) is 3.72. The third kappa shape index (κ3) is 2.86. The standard InChI is InChI=1S/C13H11NO5/c15-11-9(6-14-10(12(11)16)13(17)18)19-7-8-4-2-1-3-5-8/h1-6,9,16H,7H2,(H,17,18). The van der Waals surface area contributed by atoms with E-state index in [4.69, 9.17) is 9.84 Å². The lowest BCUT2D eigenvalue weighted by molar-refractivity contribution is -0.134. The van der Waals surface area contributed by atoms with Gasteiger partial charge in [0.1, 0.15) is 0 Å². The van der Waals surface area contributed by atoms with E-state index in [0.717, 1.165) is 11.8 Å². The highest BCUT2D eigenvalue weighted by Crippen LogP contribution is 2.15. The van der Waals surface area contributed by atoms with Gasteiger partial charge in [-0.25, -0.2) is 9.79 Å². The summed E-state index contributed by atoms with van der Waals surface area (Å²) < 4.78 is 5.29. The van der Waals surface area contributed by atoms with E-state index in [0.29, 0.717) is 0 Å². The quantitative estimate of drug-likeness (QED) is 0.845. The number of hydrogen-bond donors (Lipinski definition) is 2. The molecule has 0 saturated carbocycles. The summed E-state index contributed by atoms with van der Waals surface area (Å²) in [6.07, 6.45) is 0.0114. The number of aliphatic hydroxyl groups excluding tert-OH is 1. The Labute approximate surface area is 108 Å². The minimum atomic E-state index is -1.45. The Morgan fingerprint density at radius 1 is 1.32 bits per heavy atom. The number of aliphatic imine (C=N–C) groups is 1. The van der Waals surface area contributed by atoms with Gasteiger partial charge in [-0.3, -0.25) is 4.79 Å². The molecule has 2 N–H and O–H groups in total. The minimum Gasteiger partial charge on any atom is -0.503 e. The lowest BCUT2D eigenvalue weighted by Gasteiger charge is -2.16. The Bertz CT molecular complexity index is 562. The maximum atomic E-state index is 11.7. The fraction of sp³-hybridized carbons (Fsp3) is 0.154. The number of Topliss-reactive ketones (excluding diaryl/α,β-unsaturated/α-hetero) is 1. The fourth-order valence-corrected chi connectivity index (χ4v) is 1.56. The topological polar surface area (TPSA) is 96.2 Å². The molecule has 0 spiro atoms. The molecule has 1 aromatic rings. The normalized spacial score (nSPS) is 18.7. The van der Waals surface area contributed by atoms with Crippen LogP contribution in [0.3, 0.4) is 0 Å². The highest BCUT2D eigenvalue weighted by atomic mass is 16.5. The molecular formula is C13H11NO5. The number of hydrogen-bond acceptors (Lipinski definition) is 5. The summed E-state index contributed by atoms with van der Waals surface area (Å²) in [6.45, 7) is 0.166. The van der Waals surface area contributed by atoms with E-state index in [1.807, 2.05) is 30.3 Å². The number of nitrogens with zero attached hydrogens (tertiary/aromatic N) is 1. The van der Waals surface area contributed by atoms with Crippen LogP contribution in [0.4, 0.5) is 0 Å². The second-order valence-corrected chi connectivity index (χ2v) is 3.86. The summed E-state index contributed by atoms with van der Waals surface area (Å²) in [5, 5.41) is 18.1. The van der Waals surface area contributed by atoms with Crippen LogP contribution >= 0.6 is 0 Å². The number of benzene rings is 1. The lowest BCUT2D eigenvalue weighted by Crippen LogP contribution is -2.32. The molecule has 0 radical (unpaired) electrons. The summed E-state index contributed by atoms with van der Waals surface area (Å²) in [5.74, 6) is -3.14. The van der Waals surface area contributed by atoms with Crippen molar-refractivity contribution in [3.63, 3.8) is 0 Å². The van der Waals surface area contributed by atoms with E-state index in [1.165, 1.54) is 0 Å². The third-order valence-corrected chi connectivity index (χ3v) is 2.53. The molecule has 19 heavy (non-hydrogen) atoms. The van der Waals surface area contributed by atoms with Crippen molar-refractivity contribution in [3.05, 3.63) is 47.4 Å². The average molecular weight is 261 g/mol. The number of carbonyl (C=O) groups is 2. The summed E-state index contributed by atoms with van der Waals surface area (Å²) >= 11 is 0. The molecular weight excluding hydrogens is 250 g/mol. The predicted octanol–water partition coefficient (Wildman–Crippen LogP) is 1.08. The molecule has 0 amide bonds. The van der Waals surface area contributed by atoms with Crippen molar-refractivity contribution in [2.45, 2.75) is 12.7 Å². The third-order valence-electron chi connectivity index (χ3n) is 2.53. The number of ketones is 1. The minimum absolute atomic E-state index is 0.166. The van der Waals surface area contributed by atoms with Gasteiger partial charge in [-0.15, -0.1) is 0 Å². The smallest absolute Gasteiger partial charge is 0.358 e. The highest BCUT2D eigenvalue weighted by Gasteiger charge is 2.30. The summed E-state index contributed by atoms with van der Waals surface area (Å²) in [6, 6.07) is 9.15. The van der Waals surface area contributed by atoms with Gasteiger partial charge in [0.25, 0.3) is 0 Å². The van der Waals surface area contributed by atoms with Crippen LogP contribution in [0, 0.1) is 0 Å². The molecule has 2 rings (SSSR count). The van der Waals surface area contributed by atoms with Crippen molar-refractivity contribution >= 4 is 18.0 Å². The number of carboxylic acids is 1. The van der Waals surface area contributed by atoms with Gasteiger partial charge in [0.05, 0.1) is 6.61 Å². The molecule has 1 aliphatic rings. The van der Waals surface area contributed by atoms with Crippen LogP contribution in [-0.4, -0.2) is 34.3 Å². The number of rotatable bonds is 4. The van der Waals surface area contributed by atoms with Crippen LogP contribution in [0.25, 0.3) is 0 Å². The molecule has 1 unspecified atom stereocenters. The SMILES string of the molecule is O=C(O)C1=C(O)C(=O)C(OCc2ccccc2)C=N1. The van der Waals surface area contributed by atoms with Crippen molar-refractivity contribution in [1.29, 1.82) is 0 Å². The second-order valence-electron chi connectivity index (χ2n) is 3.86. The molecule has 6 heteroatoms. The number of aliphatic hydroxyl groups is 1. The first kappa shape index (κ1) is 13.0. The summed E-state index contributed by atoms with van der Waals surface area (Å²) in [4.78, 5) is 25.9. The van der Waals surface area contributed by atoms with Gasteiger partial charge in [0, 0.05) is 6.21 Å². The first-order valence-corrected chi connectivity index (χ1v) is 5.50. The number of ether oxygens (including phenoxy) is 1. The molecule has 0 saturated heterocycles. The van der Waals surface area contributed by atoms with E-state index < -0.39 is 29.3 Å². The van der Waals surface area contributed by atoms with E-state index in [9.17, 15) is 14.7 Å². The van der Waals surface area contributed by atoms with Crippen LogP contribution in [-0.2, 0) is 20.9 Å². The predicted molar refractivity (Wildman–Crippen MR) is 65.8 cm³/mol. The number of carboxylic acid groups (broad SMARTS) is 1. The fourth-order valence-electron chi connectivity index (χ4n) is 1.56. The van der Waals surface area contributed by atoms with Crippen LogP contribution in [0.5, 0.6) is 0 Å². The monoisotopic (exact) mass is 261 g/mol. The van der Waals surface area contributed by atoms with E-state index in [-0.39, 0.29) is 6.61 Å². The summed E-state index contributed by atoms with van der Waals surface area (Å²) in [7, 11) is 0. The molecule has 0 aliphatic carbocycles. The first-order chi connectivity index (χ1) is 9.09. The van der Waals surface area contributed by atoms with E-state index >= 15 is 0 Å². The zero-order valence-electron chi connectivity index (χ0n) is 9.81. The van der Waals surface area contributed by atoms with Crippen LogP contribution in [0.15, 0.2) is 46.8 Å². The Hall–Kier alpha value is -2.47. The van der Waals surface area contributed by atoms with Crippen molar-refractivity contribution < 1.29 is 24.5 Å². The highest BCUT2D eigenvalue weighted by molar-refractivity contribution is 6.13. The van der Waals surface area contributed by atoms with Gasteiger partial charge >= 0.3 is 5.97 Å². The largest absolute Gasteiger partial charge is 0.503 e. The second kappa shape index (κ2) is 5.45. The lowest BCUT2D eigenvalue weighted by atomic mass is 10.1. The molecule has 0 fully saturated rings. The van der Waals surface area contributed by atoms with Gasteiger partial charge in [-0.2, -0.15) is 0 Å². The molecule has 6 nitrogen and oxygen atoms in total. The molecule has 1 aliphatic heterocycles. The molecule has 98 valence electrons. The zero-order valence-corrected chi connectivity index (χ0v) is 9.81. The first-order valence-electron chi connectivity index (χ1n) is 5.50. The van der Waals surface area contributed by atoms with Crippen molar-refractivity contribution in [2.75, 3.05) is 0 Å². The maximum absolute atomic E-state index is 11.7. The number of aliphatic carboxylic acids is 1. The summed E-state index contributed by atoms with van der Waals surface area (Å²) in [5.41, 5.74) is 0.195. The van der Waals surface area contributed by atoms with Gasteiger partial charge in [0.15, 0.2) is 17.6 Å². The van der Waals surface area contributed by atoms with Crippen LogP contribution in [0.1, 0.15) is 5.56 Å². The molecule has 0 bridgehead atoms. The molecule has 1 atom stereocenters. The zero-order chi connectivity index (χ0) is 13.8. The van der Waals surface area contributed by atoms with Gasteiger partial charge in [-0.1, -0.05) is 30.3 Å². The van der Waals surface area contributed by atoms with Crippen LogP contribution < -0.4 is 0 Å². The molecule has 0 aromatic heterocycles. The Balaban J connectivity index is 2.04. The van der Waals surface area contributed by atoms with Crippen molar-refractivity contribution in [3.8, 4) is 0 Å². The van der Waals surface area contributed by atoms with Gasteiger partial charge in [-0.05, 0) is 5.56 Å². The van der Waals surface area contributed by atoms with Gasteiger partial charge < -0.3 is 14.9 Å². The molecule has 1 aromatic carbocycles. The Morgan fingerprint density at radius 2 is 2.00 bits per heavy atom. The van der Waals surface area contributed by atoms with Crippen molar-refractivity contribution in [2.24, 2.45) is 4.99 Å². The van der Waals surface area contributed by atoms with Gasteiger partial charge in [0.2, 0.25) is 5.78 Å². The maximum Gasteiger partial charge on any atom is 0.358 e.